The van der Waals surface area contributed by atoms with Crippen LogP contribution in [0.1, 0.15) is 43.2 Å². The molecule has 1 fully saturated rings. The fourth-order valence-electron chi connectivity index (χ4n) is 4.16. The van der Waals surface area contributed by atoms with Crippen LogP contribution in [-0.4, -0.2) is 23.8 Å². The number of aliphatic hydroxyl groups is 1. The van der Waals surface area contributed by atoms with Crippen LogP contribution in [0.4, 0.5) is 0 Å². The van der Waals surface area contributed by atoms with Crippen molar-refractivity contribution in [3.05, 3.63) is 71.8 Å². The number of nitrogens with one attached hydrogen (secondary N) is 1. The van der Waals surface area contributed by atoms with Gasteiger partial charge in [0.15, 0.2) is 0 Å². The average molecular weight is 338 g/mol. The Kier molecular flexibility index (Phi) is 7.08. The lowest BCUT2D eigenvalue weighted by Gasteiger charge is -2.36. The Hall–Kier alpha value is -1.64. The number of aliphatic hydroxyl groups excluding tert-OH is 1. The molecular weight excluding hydrogens is 306 g/mol. The monoisotopic (exact) mass is 337 g/mol. The molecule has 2 aromatic carbocycles. The van der Waals surface area contributed by atoms with Crippen LogP contribution in [0.5, 0.6) is 0 Å². The quantitative estimate of drug-likeness (QED) is 0.749. The summed E-state index contributed by atoms with van der Waals surface area (Å²) in [5, 5.41) is 13.3. The molecule has 1 aliphatic rings. The smallest absolute Gasteiger partial charge is 0.0433 e. The third-order valence-electron chi connectivity index (χ3n) is 5.49. The van der Waals surface area contributed by atoms with Crippen molar-refractivity contribution in [3.63, 3.8) is 0 Å². The van der Waals surface area contributed by atoms with E-state index in [9.17, 15) is 5.11 Å². The lowest BCUT2D eigenvalue weighted by atomic mass is 9.82. The molecule has 2 heteroatoms. The zero-order valence-electron chi connectivity index (χ0n) is 15.1. The highest BCUT2D eigenvalue weighted by Crippen LogP contribution is 2.27. The van der Waals surface area contributed by atoms with Crippen molar-refractivity contribution >= 4 is 0 Å². The first-order valence-electron chi connectivity index (χ1n) is 9.78. The lowest BCUT2D eigenvalue weighted by molar-refractivity contribution is 0.180. The van der Waals surface area contributed by atoms with Crippen molar-refractivity contribution < 1.29 is 5.11 Å². The van der Waals surface area contributed by atoms with E-state index in [4.69, 9.17) is 0 Å². The normalized spacial score (nSPS) is 23.5. The van der Waals surface area contributed by atoms with Crippen LogP contribution >= 0.6 is 0 Å². The van der Waals surface area contributed by atoms with E-state index in [0.717, 1.165) is 19.3 Å². The first-order chi connectivity index (χ1) is 12.3. The second-order valence-corrected chi connectivity index (χ2v) is 7.46. The van der Waals surface area contributed by atoms with Gasteiger partial charge in [-0.1, -0.05) is 60.7 Å². The zero-order valence-corrected chi connectivity index (χ0v) is 15.1. The molecule has 0 amide bonds. The van der Waals surface area contributed by atoms with Gasteiger partial charge >= 0.3 is 0 Å². The van der Waals surface area contributed by atoms with Crippen LogP contribution in [-0.2, 0) is 12.8 Å². The van der Waals surface area contributed by atoms with Crippen LogP contribution in [0.15, 0.2) is 60.7 Å². The van der Waals surface area contributed by atoms with Crippen molar-refractivity contribution in [2.45, 2.75) is 57.0 Å². The first-order valence-corrected chi connectivity index (χ1v) is 9.78. The second kappa shape index (κ2) is 9.74. The highest BCUT2D eigenvalue weighted by Gasteiger charge is 2.27. The molecule has 1 heterocycles. The second-order valence-electron chi connectivity index (χ2n) is 7.46. The largest absolute Gasteiger partial charge is 0.396 e. The molecule has 0 aliphatic carbocycles. The number of benzene rings is 2. The maximum atomic E-state index is 9.39. The maximum Gasteiger partial charge on any atom is 0.0433 e. The molecule has 1 saturated heterocycles. The Morgan fingerprint density at radius 3 is 1.64 bits per heavy atom. The van der Waals surface area contributed by atoms with Crippen LogP contribution < -0.4 is 5.32 Å². The first kappa shape index (κ1) is 18.2. The average Bonchev–Trinajstić information content (AvgIpc) is 2.67. The predicted molar refractivity (Wildman–Crippen MR) is 105 cm³/mol. The van der Waals surface area contributed by atoms with Crippen molar-refractivity contribution in [2.75, 3.05) is 6.61 Å². The fourth-order valence-corrected chi connectivity index (χ4v) is 4.16. The molecular formula is C23H31NO. The molecule has 3 rings (SSSR count). The molecule has 3 atom stereocenters. The Balaban J connectivity index is 1.53. The number of hydrogen-bond donors (Lipinski definition) is 2. The molecule has 0 aromatic heterocycles. The predicted octanol–water partition coefficient (Wildman–Crippen LogP) is 4.37. The molecule has 0 bridgehead atoms. The summed E-state index contributed by atoms with van der Waals surface area (Å²) < 4.78 is 0. The molecule has 0 spiro atoms. The van der Waals surface area contributed by atoms with Crippen LogP contribution in [0.25, 0.3) is 0 Å². The minimum Gasteiger partial charge on any atom is -0.396 e. The molecule has 0 saturated carbocycles. The molecule has 0 radical (unpaired) electrons. The number of hydrogen-bond acceptors (Lipinski definition) is 2. The zero-order chi connectivity index (χ0) is 17.3. The van der Waals surface area contributed by atoms with Gasteiger partial charge in [0.05, 0.1) is 0 Å². The van der Waals surface area contributed by atoms with Gasteiger partial charge in [0.25, 0.3) is 0 Å². The SMILES string of the molecule is OCCC1C[C@@H](CCc2ccccc2)N[C@@H](CCc2ccccc2)C1. The number of rotatable bonds is 8. The van der Waals surface area contributed by atoms with Crippen LogP contribution in [0.2, 0.25) is 0 Å². The molecule has 1 unspecified atom stereocenters. The van der Waals surface area contributed by atoms with Gasteiger partial charge in [0, 0.05) is 18.7 Å². The van der Waals surface area contributed by atoms with Gasteiger partial charge in [-0.05, 0) is 62.0 Å². The molecule has 1 aliphatic heterocycles. The summed E-state index contributed by atoms with van der Waals surface area (Å²) in [7, 11) is 0. The van der Waals surface area contributed by atoms with Crippen molar-refractivity contribution in [1.29, 1.82) is 0 Å². The molecule has 2 nitrogen and oxygen atoms in total. The number of aryl methyl sites for hydroxylation is 2. The summed E-state index contributed by atoms with van der Waals surface area (Å²) in [6.07, 6.45) is 8.00. The van der Waals surface area contributed by atoms with E-state index in [1.807, 2.05) is 0 Å². The Morgan fingerprint density at radius 1 is 0.720 bits per heavy atom. The van der Waals surface area contributed by atoms with E-state index >= 15 is 0 Å². The number of piperidine rings is 1. The lowest BCUT2D eigenvalue weighted by Crippen LogP contribution is -2.46. The van der Waals surface area contributed by atoms with E-state index < -0.39 is 0 Å². The van der Waals surface area contributed by atoms with Crippen molar-refractivity contribution in [1.82, 2.24) is 5.32 Å². The van der Waals surface area contributed by atoms with E-state index in [1.165, 1.54) is 36.8 Å². The van der Waals surface area contributed by atoms with Gasteiger partial charge in [-0.3, -0.25) is 0 Å². The van der Waals surface area contributed by atoms with E-state index in [2.05, 4.69) is 66.0 Å². The van der Waals surface area contributed by atoms with Gasteiger partial charge in [0.2, 0.25) is 0 Å². The molecule has 25 heavy (non-hydrogen) atoms. The molecule has 134 valence electrons. The van der Waals surface area contributed by atoms with Crippen molar-refractivity contribution in [2.24, 2.45) is 5.92 Å². The maximum absolute atomic E-state index is 9.39. The molecule has 2 N–H and O–H groups in total. The minimum absolute atomic E-state index is 0.321. The van der Waals surface area contributed by atoms with E-state index in [-0.39, 0.29) is 0 Å². The van der Waals surface area contributed by atoms with E-state index in [0.29, 0.717) is 24.6 Å². The van der Waals surface area contributed by atoms with Gasteiger partial charge in [-0.25, -0.2) is 0 Å². The van der Waals surface area contributed by atoms with Crippen LogP contribution in [0, 0.1) is 5.92 Å². The fraction of sp³-hybridized carbons (Fsp3) is 0.478. The summed E-state index contributed by atoms with van der Waals surface area (Å²) in [6.45, 7) is 0.321. The highest BCUT2D eigenvalue weighted by molar-refractivity contribution is 5.16. The Labute approximate surface area is 152 Å². The summed E-state index contributed by atoms with van der Waals surface area (Å²) in [6, 6.07) is 22.7. The standard InChI is InChI=1S/C23H31NO/c25-16-15-21-17-22(13-11-19-7-3-1-4-8-19)24-23(18-21)14-12-20-9-5-2-6-10-20/h1-10,21-25H,11-18H2/t21?,22-,23+. The van der Waals surface area contributed by atoms with E-state index in [1.54, 1.807) is 0 Å². The van der Waals surface area contributed by atoms with Gasteiger partial charge in [-0.15, -0.1) is 0 Å². The molecule has 2 aromatic rings. The Morgan fingerprint density at radius 2 is 1.20 bits per heavy atom. The minimum atomic E-state index is 0.321. The van der Waals surface area contributed by atoms with Crippen molar-refractivity contribution in [3.8, 4) is 0 Å². The highest BCUT2D eigenvalue weighted by atomic mass is 16.3. The van der Waals surface area contributed by atoms with Gasteiger partial charge in [-0.2, -0.15) is 0 Å². The van der Waals surface area contributed by atoms with Crippen LogP contribution in [0.3, 0.4) is 0 Å². The summed E-state index contributed by atoms with van der Waals surface area (Å²) in [5.41, 5.74) is 2.85. The van der Waals surface area contributed by atoms with Gasteiger partial charge < -0.3 is 10.4 Å². The van der Waals surface area contributed by atoms with Gasteiger partial charge in [0.1, 0.15) is 0 Å². The topological polar surface area (TPSA) is 32.3 Å². The third kappa shape index (κ3) is 5.98. The Bertz CT molecular complexity index is 547. The summed E-state index contributed by atoms with van der Waals surface area (Å²) in [5.74, 6) is 0.660. The third-order valence-corrected chi connectivity index (χ3v) is 5.49. The summed E-state index contributed by atoms with van der Waals surface area (Å²) in [4.78, 5) is 0. The summed E-state index contributed by atoms with van der Waals surface area (Å²) >= 11 is 0.